The number of hydrogen-bond acceptors (Lipinski definition) is 7. The lowest BCUT2D eigenvalue weighted by atomic mass is 9.78. The van der Waals surface area contributed by atoms with Gasteiger partial charge in [0, 0.05) is 19.0 Å². The van der Waals surface area contributed by atoms with E-state index in [0.717, 1.165) is 73.6 Å². The van der Waals surface area contributed by atoms with Crippen molar-refractivity contribution in [3.05, 3.63) is 58.7 Å². The van der Waals surface area contributed by atoms with E-state index in [4.69, 9.17) is 0 Å². The average Bonchev–Trinajstić information content (AvgIpc) is 3.97. The van der Waals surface area contributed by atoms with Gasteiger partial charge in [-0.1, -0.05) is 77.9 Å². The Morgan fingerprint density at radius 3 is 1.44 bits per heavy atom. The standard InChI is InChI=1S/C49H71N7O6.H2S/c1-9-30(6)44(57)53-42(28(2)3)48(61)55-26-14-24-40(55)46(59)51-38-22-12-18-34-32(16-10-20-36(34)38)33-17-11-21-37-35(33)19-13-23-39(37)52-47(60)41-25-15-27-56(41)49(62)43(29(4)5)54-45(58)31(7)50-8;/h10-11,16-17,20-21,28-31,38-43,50H,9,12-15,18-19,22-27H2,1-8H3,(H,51,59)(H,52,60)(H,53,57)(H,54,58);1H2/t30-,31+,38-,39-,40+,41+,42+,43+;/m1./s1. The molecule has 2 aromatic rings. The molecule has 5 N–H and O–H groups in total. The van der Waals surface area contributed by atoms with Crippen molar-refractivity contribution in [2.24, 2.45) is 17.8 Å². The number of likely N-dealkylation sites (tertiary alicyclic amines) is 2. The first-order valence-electron chi connectivity index (χ1n) is 23.4. The summed E-state index contributed by atoms with van der Waals surface area (Å²) in [7, 11) is 1.70. The first kappa shape index (κ1) is 49.6. The number of carbonyl (C=O) groups is 6. The smallest absolute Gasteiger partial charge is 0.246 e. The molecule has 2 heterocycles. The molecule has 14 heteroatoms. The topological polar surface area (TPSA) is 169 Å². The van der Waals surface area contributed by atoms with Crippen LogP contribution in [0.4, 0.5) is 0 Å². The lowest BCUT2D eigenvalue weighted by Crippen LogP contribution is -2.57. The van der Waals surface area contributed by atoms with Gasteiger partial charge in [-0.25, -0.2) is 0 Å². The number of likely N-dealkylation sites (N-methyl/N-ethyl adjacent to an activating group) is 1. The van der Waals surface area contributed by atoms with Crippen LogP contribution in [0.3, 0.4) is 0 Å². The third-order valence-corrected chi connectivity index (χ3v) is 14.0. The lowest BCUT2D eigenvalue weighted by molar-refractivity contribution is -0.143. The van der Waals surface area contributed by atoms with E-state index in [1.54, 1.807) is 23.8 Å². The molecule has 2 aromatic carbocycles. The maximum atomic E-state index is 14.1. The van der Waals surface area contributed by atoms with Crippen molar-refractivity contribution >= 4 is 48.9 Å². The molecule has 0 radical (unpaired) electrons. The lowest BCUT2D eigenvalue weighted by Gasteiger charge is -2.34. The number of rotatable bonds is 15. The van der Waals surface area contributed by atoms with E-state index in [1.807, 2.05) is 41.5 Å². The number of benzene rings is 2. The maximum absolute atomic E-state index is 14.1. The third kappa shape index (κ3) is 10.9. The number of nitrogens with zero attached hydrogens (tertiary/aromatic N) is 2. The van der Waals surface area contributed by atoms with Gasteiger partial charge in [-0.05, 0) is 130 Å². The molecule has 8 atom stereocenters. The van der Waals surface area contributed by atoms with E-state index >= 15 is 0 Å². The van der Waals surface area contributed by atoms with Crippen molar-refractivity contribution < 1.29 is 28.8 Å². The first-order valence-corrected chi connectivity index (χ1v) is 23.4. The van der Waals surface area contributed by atoms with Crippen LogP contribution in [0.25, 0.3) is 11.1 Å². The van der Waals surface area contributed by atoms with Gasteiger partial charge in [0.05, 0.1) is 18.1 Å². The van der Waals surface area contributed by atoms with Crippen LogP contribution in [0.1, 0.15) is 141 Å². The molecule has 0 unspecified atom stereocenters. The minimum atomic E-state index is -0.728. The van der Waals surface area contributed by atoms with E-state index in [-0.39, 0.29) is 78.8 Å². The molecule has 0 aromatic heterocycles. The Morgan fingerprint density at radius 2 is 1.05 bits per heavy atom. The van der Waals surface area contributed by atoms with Crippen LogP contribution in [-0.2, 0) is 41.6 Å². The summed E-state index contributed by atoms with van der Waals surface area (Å²) in [5.74, 6) is -1.59. The molecule has 346 valence electrons. The Balaban J connectivity index is 0.00000748. The fourth-order valence-corrected chi connectivity index (χ4v) is 9.92. The van der Waals surface area contributed by atoms with E-state index < -0.39 is 30.2 Å². The number of nitrogens with one attached hydrogen (secondary N) is 5. The molecule has 63 heavy (non-hydrogen) atoms. The fourth-order valence-electron chi connectivity index (χ4n) is 9.92. The van der Waals surface area contributed by atoms with Crippen molar-refractivity contribution in [3.63, 3.8) is 0 Å². The van der Waals surface area contributed by atoms with Crippen LogP contribution in [0.15, 0.2) is 36.4 Å². The maximum Gasteiger partial charge on any atom is 0.246 e. The Kier molecular flexibility index (Phi) is 17.3. The SMILES string of the molecule is CC[C@@H](C)C(=O)N[C@H](C(=O)N1CCC[C@H]1C(=O)N[C@@H]1CCCc2c(-c3cccc4c3CCC[C@H]4NC(=O)[C@@H]3CCCN3C(=O)[C@@H](NC(=O)[C@H](C)NC)C(C)C)cccc21)C(C)C.S. The predicted octanol–water partition coefficient (Wildman–Crippen LogP) is 5.37. The van der Waals surface area contributed by atoms with E-state index in [2.05, 4.69) is 63.0 Å². The van der Waals surface area contributed by atoms with Gasteiger partial charge >= 0.3 is 0 Å². The van der Waals surface area contributed by atoms with Crippen molar-refractivity contribution in [2.45, 2.75) is 161 Å². The number of hydrogen-bond donors (Lipinski definition) is 5. The van der Waals surface area contributed by atoms with Crippen LogP contribution >= 0.6 is 13.5 Å². The predicted molar refractivity (Wildman–Crippen MR) is 251 cm³/mol. The van der Waals surface area contributed by atoms with Crippen LogP contribution < -0.4 is 26.6 Å². The zero-order valence-corrected chi connectivity index (χ0v) is 39.8. The van der Waals surface area contributed by atoms with Gasteiger partial charge < -0.3 is 36.4 Å². The molecule has 4 aliphatic rings. The van der Waals surface area contributed by atoms with Gasteiger partial charge in [-0.3, -0.25) is 28.8 Å². The second kappa shape index (κ2) is 22.0. The average molecular weight is 888 g/mol. The summed E-state index contributed by atoms with van der Waals surface area (Å²) < 4.78 is 0. The highest BCUT2D eigenvalue weighted by Crippen LogP contribution is 2.42. The zero-order valence-electron chi connectivity index (χ0n) is 38.8. The van der Waals surface area contributed by atoms with Crippen LogP contribution in [-0.4, -0.2) is 95.6 Å². The summed E-state index contributed by atoms with van der Waals surface area (Å²) in [6, 6.07) is 9.22. The molecule has 6 amide bonds. The normalized spacial score (nSPS) is 22.5. The van der Waals surface area contributed by atoms with Gasteiger partial charge in [0.15, 0.2) is 0 Å². The van der Waals surface area contributed by atoms with Gasteiger partial charge in [0.2, 0.25) is 35.4 Å². The summed E-state index contributed by atoms with van der Waals surface area (Å²) in [6.07, 6.45) is 8.41. The summed E-state index contributed by atoms with van der Waals surface area (Å²) in [5.41, 5.74) is 6.90. The highest BCUT2D eigenvalue weighted by molar-refractivity contribution is 7.59. The molecule has 2 aliphatic heterocycles. The second-order valence-corrected chi connectivity index (χ2v) is 18.8. The number of fused-ring (bicyclic) bond motifs is 2. The van der Waals surface area contributed by atoms with Gasteiger partial charge in [0.1, 0.15) is 24.2 Å². The Morgan fingerprint density at radius 1 is 0.619 bits per heavy atom. The van der Waals surface area contributed by atoms with Crippen molar-refractivity contribution in [1.29, 1.82) is 0 Å². The molecule has 2 saturated heterocycles. The molecule has 0 saturated carbocycles. The largest absolute Gasteiger partial charge is 0.347 e. The van der Waals surface area contributed by atoms with Crippen molar-refractivity contribution in [2.75, 3.05) is 20.1 Å². The third-order valence-electron chi connectivity index (χ3n) is 14.0. The van der Waals surface area contributed by atoms with E-state index in [0.29, 0.717) is 32.4 Å². The zero-order chi connectivity index (χ0) is 44.8. The second-order valence-electron chi connectivity index (χ2n) is 18.8. The summed E-state index contributed by atoms with van der Waals surface area (Å²) in [5, 5.41) is 15.5. The first-order chi connectivity index (χ1) is 29.7. The molecule has 6 rings (SSSR count). The van der Waals surface area contributed by atoms with E-state index in [9.17, 15) is 28.8 Å². The fraction of sp³-hybridized carbons (Fsp3) is 0.633. The highest BCUT2D eigenvalue weighted by Gasteiger charge is 2.42. The quantitative estimate of drug-likeness (QED) is 0.160. The monoisotopic (exact) mass is 888 g/mol. The molecular weight excluding hydrogens is 815 g/mol. The van der Waals surface area contributed by atoms with Gasteiger partial charge in [-0.2, -0.15) is 13.5 Å². The van der Waals surface area contributed by atoms with Crippen molar-refractivity contribution in [1.82, 2.24) is 36.4 Å². The molecule has 13 nitrogen and oxygen atoms in total. The summed E-state index contributed by atoms with van der Waals surface area (Å²) in [6.45, 7) is 14.2. The van der Waals surface area contributed by atoms with Gasteiger partial charge in [-0.15, -0.1) is 0 Å². The molecule has 2 aliphatic carbocycles. The molecular formula is C49H73N7O6S. The van der Waals surface area contributed by atoms with Crippen molar-refractivity contribution in [3.8, 4) is 11.1 Å². The van der Waals surface area contributed by atoms with Gasteiger partial charge in [0.25, 0.3) is 0 Å². The highest BCUT2D eigenvalue weighted by atomic mass is 32.1. The molecule has 0 bridgehead atoms. The molecule has 2 fully saturated rings. The van der Waals surface area contributed by atoms with Crippen LogP contribution in [0.2, 0.25) is 0 Å². The number of amides is 6. The van der Waals surface area contributed by atoms with Crippen LogP contribution in [0.5, 0.6) is 0 Å². The molecule has 0 spiro atoms. The van der Waals surface area contributed by atoms with Crippen LogP contribution in [0, 0.1) is 17.8 Å². The number of carbonyl (C=O) groups excluding carboxylic acids is 6. The summed E-state index contributed by atoms with van der Waals surface area (Å²) >= 11 is 0. The minimum Gasteiger partial charge on any atom is -0.347 e. The summed E-state index contributed by atoms with van der Waals surface area (Å²) in [4.78, 5) is 85.0. The van der Waals surface area contributed by atoms with E-state index in [1.165, 1.54) is 11.1 Å². The Hall–Kier alpha value is -4.43. The Bertz CT molecular complexity index is 1850. The Labute approximate surface area is 381 Å². The minimum absolute atomic E-state index is 0.